The van der Waals surface area contributed by atoms with E-state index in [2.05, 4.69) is 10.2 Å². The van der Waals surface area contributed by atoms with Crippen LogP contribution in [-0.4, -0.2) is 25.8 Å². The predicted octanol–water partition coefficient (Wildman–Crippen LogP) is 5.21. The number of piperidine rings is 1. The number of hydrogen-bond acceptors (Lipinski definition) is 5. The molecule has 0 amide bonds. The largest absolute Gasteiger partial charge is 0.422 e. The molecule has 0 aliphatic carbocycles. The van der Waals surface area contributed by atoms with E-state index >= 15 is 0 Å². The molecule has 3 aromatic rings. The van der Waals surface area contributed by atoms with Crippen LogP contribution in [0.25, 0.3) is 11.0 Å². The fourth-order valence-corrected chi connectivity index (χ4v) is 4.21. The molecule has 0 atom stereocenters. The first-order valence-electron chi connectivity index (χ1n) is 10.8. The second-order valence-electron chi connectivity index (χ2n) is 8.27. The van der Waals surface area contributed by atoms with Gasteiger partial charge in [-0.25, -0.2) is 4.79 Å². The fraction of sp³-hybridized carbons (Fsp3) is 0.375. The fourth-order valence-electron chi connectivity index (χ4n) is 4.21. The number of anilines is 3. The molecule has 8 heteroatoms. The van der Waals surface area contributed by atoms with Crippen LogP contribution in [0, 0.1) is 5.92 Å². The molecular weight excluding hydrogens is 419 g/mol. The summed E-state index contributed by atoms with van der Waals surface area (Å²) in [4.78, 5) is 14.2. The quantitative estimate of drug-likeness (QED) is 0.510. The van der Waals surface area contributed by atoms with Crippen LogP contribution in [0.5, 0.6) is 0 Å². The minimum atomic E-state index is -4.09. The summed E-state index contributed by atoms with van der Waals surface area (Å²) in [6, 6.07) is 15.2. The second kappa shape index (κ2) is 9.24. The molecule has 0 saturated carbocycles. The number of rotatable bonds is 6. The second-order valence-corrected chi connectivity index (χ2v) is 8.27. The molecule has 32 heavy (non-hydrogen) atoms. The highest BCUT2D eigenvalue weighted by atomic mass is 19.4. The first kappa shape index (κ1) is 22.2. The van der Waals surface area contributed by atoms with Crippen LogP contribution in [0.3, 0.4) is 0 Å². The Balaban J connectivity index is 1.40. The highest BCUT2D eigenvalue weighted by molar-refractivity contribution is 5.82. The van der Waals surface area contributed by atoms with E-state index in [0.717, 1.165) is 22.4 Å². The standard InChI is InChI=1S/C24H26F3N3O2/c25-24(26,27)15-16-8-11-30(12-9-16)21-5-3-19(4-6-21)29-20-2-1-17-13-18(7-10-28)23(31)32-22(17)14-20/h1-6,13-14,16,29H,7-12,15,28H2. The maximum absolute atomic E-state index is 12.6. The van der Waals surface area contributed by atoms with Crippen LogP contribution in [0.2, 0.25) is 0 Å². The maximum Gasteiger partial charge on any atom is 0.389 e. The smallest absolute Gasteiger partial charge is 0.389 e. The van der Waals surface area contributed by atoms with Gasteiger partial charge in [0.05, 0.1) is 0 Å². The van der Waals surface area contributed by atoms with E-state index in [4.69, 9.17) is 10.2 Å². The van der Waals surface area contributed by atoms with Crippen molar-refractivity contribution in [2.24, 2.45) is 11.7 Å². The predicted molar refractivity (Wildman–Crippen MR) is 121 cm³/mol. The van der Waals surface area contributed by atoms with Crippen LogP contribution >= 0.6 is 0 Å². The van der Waals surface area contributed by atoms with Crippen molar-refractivity contribution in [3.8, 4) is 0 Å². The summed E-state index contributed by atoms with van der Waals surface area (Å²) < 4.78 is 43.2. The average Bonchev–Trinajstić information content (AvgIpc) is 2.75. The van der Waals surface area contributed by atoms with Crippen LogP contribution < -0.4 is 21.6 Å². The Morgan fingerprint density at radius 2 is 1.72 bits per heavy atom. The Morgan fingerprint density at radius 3 is 2.38 bits per heavy atom. The van der Waals surface area contributed by atoms with E-state index in [9.17, 15) is 18.0 Å². The Labute approximate surface area is 184 Å². The SMILES string of the molecule is NCCc1cc2ccc(Nc3ccc(N4CCC(CC(F)(F)F)CC4)cc3)cc2oc1=O. The van der Waals surface area contributed by atoms with Gasteiger partial charge in [-0.3, -0.25) is 0 Å². The Morgan fingerprint density at radius 1 is 1.03 bits per heavy atom. The van der Waals surface area contributed by atoms with E-state index in [1.807, 2.05) is 42.5 Å². The molecule has 1 aliphatic heterocycles. The summed E-state index contributed by atoms with van der Waals surface area (Å²) in [5, 5.41) is 4.13. The molecule has 170 valence electrons. The Bertz CT molecular complexity index is 1120. The zero-order valence-corrected chi connectivity index (χ0v) is 17.6. The zero-order valence-electron chi connectivity index (χ0n) is 17.6. The Kier molecular flexibility index (Phi) is 6.41. The molecule has 0 spiro atoms. The number of hydrogen-bond donors (Lipinski definition) is 2. The molecule has 0 bridgehead atoms. The molecular formula is C24H26F3N3O2. The minimum absolute atomic E-state index is 0.286. The van der Waals surface area contributed by atoms with Gasteiger partial charge in [0, 0.05) is 53.6 Å². The molecule has 5 nitrogen and oxygen atoms in total. The van der Waals surface area contributed by atoms with Crippen molar-refractivity contribution >= 4 is 28.0 Å². The number of fused-ring (bicyclic) bond motifs is 1. The lowest BCUT2D eigenvalue weighted by Crippen LogP contribution is -2.35. The van der Waals surface area contributed by atoms with Gasteiger partial charge in [0.15, 0.2) is 0 Å². The van der Waals surface area contributed by atoms with E-state index < -0.39 is 12.6 Å². The van der Waals surface area contributed by atoms with Crippen molar-refractivity contribution in [3.05, 3.63) is 64.5 Å². The van der Waals surface area contributed by atoms with Gasteiger partial charge in [0.1, 0.15) is 5.58 Å². The third-order valence-electron chi connectivity index (χ3n) is 5.88. The van der Waals surface area contributed by atoms with Crippen molar-refractivity contribution < 1.29 is 17.6 Å². The van der Waals surface area contributed by atoms with Crippen LogP contribution in [0.4, 0.5) is 30.2 Å². The van der Waals surface area contributed by atoms with Crippen molar-refractivity contribution in [3.63, 3.8) is 0 Å². The molecule has 3 N–H and O–H groups in total. The summed E-state index contributed by atoms with van der Waals surface area (Å²) in [5.41, 5.74) is 8.88. The molecule has 0 radical (unpaired) electrons. The van der Waals surface area contributed by atoms with Crippen molar-refractivity contribution in [2.45, 2.75) is 31.9 Å². The number of nitrogens with one attached hydrogen (secondary N) is 1. The summed E-state index contributed by atoms with van der Waals surface area (Å²) in [7, 11) is 0. The number of nitrogens with zero attached hydrogens (tertiary/aromatic N) is 1. The van der Waals surface area contributed by atoms with Gasteiger partial charge in [-0.2, -0.15) is 13.2 Å². The molecule has 1 aromatic heterocycles. The van der Waals surface area contributed by atoms with E-state index in [1.54, 1.807) is 6.07 Å². The number of benzene rings is 2. The molecule has 4 rings (SSSR count). The molecule has 2 heterocycles. The van der Waals surface area contributed by atoms with Gasteiger partial charge < -0.3 is 20.4 Å². The topological polar surface area (TPSA) is 71.5 Å². The lowest BCUT2D eigenvalue weighted by molar-refractivity contribution is -0.145. The lowest BCUT2D eigenvalue weighted by atomic mass is 9.93. The van der Waals surface area contributed by atoms with Gasteiger partial charge in [0.25, 0.3) is 0 Å². The molecule has 1 saturated heterocycles. The number of alkyl halides is 3. The van der Waals surface area contributed by atoms with Crippen LogP contribution in [-0.2, 0) is 6.42 Å². The maximum atomic E-state index is 12.6. The third kappa shape index (κ3) is 5.43. The molecule has 0 unspecified atom stereocenters. The molecule has 2 aromatic carbocycles. The summed E-state index contributed by atoms with van der Waals surface area (Å²) in [6.07, 6.45) is -3.20. The van der Waals surface area contributed by atoms with E-state index in [-0.39, 0.29) is 11.5 Å². The Hall–Kier alpha value is -3.00. The first-order chi connectivity index (χ1) is 15.3. The van der Waals surface area contributed by atoms with Crippen LogP contribution in [0.1, 0.15) is 24.8 Å². The van der Waals surface area contributed by atoms with Gasteiger partial charge >= 0.3 is 11.8 Å². The zero-order chi connectivity index (χ0) is 22.7. The van der Waals surface area contributed by atoms with E-state index in [0.29, 0.717) is 50.0 Å². The summed E-state index contributed by atoms with van der Waals surface area (Å²) in [6.45, 7) is 1.64. The van der Waals surface area contributed by atoms with Gasteiger partial charge in [-0.05, 0) is 74.2 Å². The highest BCUT2D eigenvalue weighted by Crippen LogP contribution is 2.33. The monoisotopic (exact) mass is 445 g/mol. The van der Waals surface area contributed by atoms with Crippen molar-refractivity contribution in [2.75, 3.05) is 29.9 Å². The molecule has 1 aliphatic rings. The van der Waals surface area contributed by atoms with Gasteiger partial charge in [0.2, 0.25) is 0 Å². The van der Waals surface area contributed by atoms with Gasteiger partial charge in [-0.1, -0.05) is 0 Å². The van der Waals surface area contributed by atoms with Crippen LogP contribution in [0.15, 0.2) is 57.7 Å². The van der Waals surface area contributed by atoms with E-state index in [1.165, 1.54) is 0 Å². The minimum Gasteiger partial charge on any atom is -0.422 e. The lowest BCUT2D eigenvalue weighted by Gasteiger charge is -2.34. The first-order valence-corrected chi connectivity index (χ1v) is 10.8. The number of nitrogens with two attached hydrogens (primary N) is 1. The average molecular weight is 445 g/mol. The van der Waals surface area contributed by atoms with Gasteiger partial charge in [-0.15, -0.1) is 0 Å². The molecule has 1 fully saturated rings. The van der Waals surface area contributed by atoms with Crippen molar-refractivity contribution in [1.82, 2.24) is 0 Å². The third-order valence-corrected chi connectivity index (χ3v) is 5.88. The summed E-state index contributed by atoms with van der Waals surface area (Å²) >= 11 is 0. The summed E-state index contributed by atoms with van der Waals surface area (Å²) in [5.74, 6) is -0.286. The van der Waals surface area contributed by atoms with Crippen molar-refractivity contribution in [1.29, 1.82) is 0 Å². The normalized spacial score (nSPS) is 15.3. The highest BCUT2D eigenvalue weighted by Gasteiger charge is 2.33. The number of halogens is 3.